The normalized spacial score (nSPS) is 11.2. The van der Waals surface area contributed by atoms with Crippen LogP contribution in [0.3, 0.4) is 0 Å². The van der Waals surface area contributed by atoms with E-state index in [0.717, 1.165) is 28.9 Å². The van der Waals surface area contributed by atoms with Crippen molar-refractivity contribution in [3.05, 3.63) is 65.2 Å². The van der Waals surface area contributed by atoms with Gasteiger partial charge in [-0.1, -0.05) is 11.6 Å². The molecule has 30 heavy (non-hydrogen) atoms. The van der Waals surface area contributed by atoms with Gasteiger partial charge >= 0.3 is 12.1 Å². The lowest BCUT2D eigenvalue weighted by Crippen LogP contribution is -2.22. The number of phenols is 1. The standard InChI is InChI=1S/C18H12ClF3N4O4/c19-11-2-3-12(15(27)6-11)17(29)30-7-16(28)25-13-5-10(18(20,21)22)1-4-14(13)26-9-23-8-24-26/h1-6,8-9,27H,7H2,(H,25,28). The second-order valence-corrected chi connectivity index (χ2v) is 6.29. The Morgan fingerprint density at radius 2 is 1.97 bits per heavy atom. The Morgan fingerprint density at radius 3 is 2.60 bits per heavy atom. The summed E-state index contributed by atoms with van der Waals surface area (Å²) in [6.07, 6.45) is -2.23. The molecule has 0 fully saturated rings. The summed E-state index contributed by atoms with van der Waals surface area (Å²) in [5, 5.41) is 16.0. The fraction of sp³-hybridized carbons (Fsp3) is 0.111. The van der Waals surface area contributed by atoms with Crippen LogP contribution in [-0.2, 0) is 15.7 Å². The zero-order chi connectivity index (χ0) is 21.9. The van der Waals surface area contributed by atoms with Crippen LogP contribution in [0.1, 0.15) is 15.9 Å². The summed E-state index contributed by atoms with van der Waals surface area (Å²) in [5.41, 5.74) is -1.32. The fourth-order valence-electron chi connectivity index (χ4n) is 2.42. The molecule has 3 rings (SSSR count). The molecule has 0 saturated carbocycles. The van der Waals surface area contributed by atoms with Crippen molar-refractivity contribution in [1.82, 2.24) is 14.8 Å². The largest absolute Gasteiger partial charge is 0.507 e. The number of carbonyl (C=O) groups is 2. The predicted octanol–water partition coefficient (Wildman–Crippen LogP) is 3.44. The molecule has 2 N–H and O–H groups in total. The summed E-state index contributed by atoms with van der Waals surface area (Å²) < 4.78 is 45.1. The smallest absolute Gasteiger partial charge is 0.416 e. The molecule has 1 amide bonds. The SMILES string of the molecule is O=C(COC(=O)c1ccc(Cl)cc1O)Nc1cc(C(F)(F)F)ccc1-n1cncn1. The number of ether oxygens (including phenoxy) is 1. The van der Waals surface area contributed by atoms with Crippen molar-refractivity contribution in [2.75, 3.05) is 11.9 Å². The number of nitrogens with zero attached hydrogens (tertiary/aromatic N) is 3. The lowest BCUT2D eigenvalue weighted by Gasteiger charge is -2.14. The number of amides is 1. The number of esters is 1. The number of hydrogen-bond donors (Lipinski definition) is 2. The maximum absolute atomic E-state index is 13.0. The Balaban J connectivity index is 1.76. The molecule has 2 aromatic carbocycles. The number of alkyl halides is 3. The van der Waals surface area contributed by atoms with E-state index in [1.807, 2.05) is 0 Å². The molecule has 0 unspecified atom stereocenters. The molecule has 0 bridgehead atoms. The number of hydrogen-bond acceptors (Lipinski definition) is 6. The Hall–Kier alpha value is -3.60. The average molecular weight is 441 g/mol. The molecule has 12 heteroatoms. The summed E-state index contributed by atoms with van der Waals surface area (Å²) in [5.74, 6) is -2.36. The molecule has 0 atom stereocenters. The topological polar surface area (TPSA) is 106 Å². The number of halogens is 4. The summed E-state index contributed by atoms with van der Waals surface area (Å²) in [6, 6.07) is 6.33. The molecule has 0 aliphatic carbocycles. The Labute approximate surface area is 171 Å². The van der Waals surface area contributed by atoms with Gasteiger partial charge in [0.2, 0.25) is 0 Å². The highest BCUT2D eigenvalue weighted by atomic mass is 35.5. The lowest BCUT2D eigenvalue weighted by atomic mass is 10.1. The molecule has 0 aliphatic heterocycles. The molecule has 0 radical (unpaired) electrons. The highest BCUT2D eigenvalue weighted by molar-refractivity contribution is 6.30. The van der Waals surface area contributed by atoms with Gasteiger partial charge in [-0.15, -0.1) is 0 Å². The quantitative estimate of drug-likeness (QED) is 0.589. The molecule has 0 saturated heterocycles. The monoisotopic (exact) mass is 440 g/mol. The molecule has 1 aromatic heterocycles. The molecular formula is C18H12ClF3N4O4. The van der Waals surface area contributed by atoms with Crippen molar-refractivity contribution in [2.24, 2.45) is 0 Å². The number of benzene rings is 2. The number of carbonyl (C=O) groups excluding carboxylic acids is 2. The molecular weight excluding hydrogens is 429 g/mol. The van der Waals surface area contributed by atoms with E-state index in [1.54, 1.807) is 0 Å². The van der Waals surface area contributed by atoms with Gasteiger partial charge in [0.25, 0.3) is 5.91 Å². The van der Waals surface area contributed by atoms with E-state index in [0.29, 0.717) is 0 Å². The first-order valence-corrected chi connectivity index (χ1v) is 8.54. The Kier molecular flexibility index (Phi) is 5.92. The van der Waals surface area contributed by atoms with Gasteiger partial charge in [0.05, 0.1) is 16.9 Å². The minimum absolute atomic E-state index is 0.121. The van der Waals surface area contributed by atoms with E-state index in [1.165, 1.54) is 24.8 Å². The Bertz CT molecular complexity index is 1090. The van der Waals surface area contributed by atoms with Gasteiger partial charge in [0.15, 0.2) is 6.61 Å². The van der Waals surface area contributed by atoms with Gasteiger partial charge < -0.3 is 15.2 Å². The van der Waals surface area contributed by atoms with E-state index in [-0.39, 0.29) is 22.0 Å². The summed E-state index contributed by atoms with van der Waals surface area (Å²) in [7, 11) is 0. The van der Waals surface area contributed by atoms with Crippen molar-refractivity contribution in [2.45, 2.75) is 6.18 Å². The minimum atomic E-state index is -4.64. The van der Waals surface area contributed by atoms with Crippen LogP contribution >= 0.6 is 11.6 Å². The zero-order valence-electron chi connectivity index (χ0n) is 14.9. The van der Waals surface area contributed by atoms with E-state index >= 15 is 0 Å². The van der Waals surface area contributed by atoms with Crippen molar-refractivity contribution < 1.29 is 32.6 Å². The third kappa shape index (κ3) is 4.87. The van der Waals surface area contributed by atoms with Crippen molar-refractivity contribution in [3.63, 3.8) is 0 Å². The third-order valence-electron chi connectivity index (χ3n) is 3.78. The van der Waals surface area contributed by atoms with E-state index in [2.05, 4.69) is 15.4 Å². The van der Waals surface area contributed by atoms with E-state index < -0.39 is 36.0 Å². The third-order valence-corrected chi connectivity index (χ3v) is 4.01. The van der Waals surface area contributed by atoms with Gasteiger partial charge in [-0.2, -0.15) is 18.3 Å². The number of aromatic hydroxyl groups is 1. The molecule has 3 aromatic rings. The first-order valence-electron chi connectivity index (χ1n) is 8.17. The number of aromatic nitrogens is 3. The minimum Gasteiger partial charge on any atom is -0.507 e. The second kappa shape index (κ2) is 8.41. The van der Waals surface area contributed by atoms with E-state index in [9.17, 15) is 27.9 Å². The van der Waals surface area contributed by atoms with Crippen molar-refractivity contribution >= 4 is 29.2 Å². The number of nitrogens with one attached hydrogen (secondary N) is 1. The van der Waals surface area contributed by atoms with Crippen LogP contribution in [0, 0.1) is 0 Å². The highest BCUT2D eigenvalue weighted by Crippen LogP contribution is 2.33. The first kappa shape index (κ1) is 21.1. The van der Waals surface area contributed by atoms with Gasteiger partial charge in [-0.25, -0.2) is 14.5 Å². The van der Waals surface area contributed by atoms with Gasteiger partial charge in [0.1, 0.15) is 24.0 Å². The summed E-state index contributed by atoms with van der Waals surface area (Å²) >= 11 is 5.67. The van der Waals surface area contributed by atoms with Crippen LogP contribution in [0.2, 0.25) is 5.02 Å². The van der Waals surface area contributed by atoms with Crippen LogP contribution in [0.25, 0.3) is 5.69 Å². The Morgan fingerprint density at radius 1 is 1.20 bits per heavy atom. The van der Waals surface area contributed by atoms with Crippen LogP contribution in [0.4, 0.5) is 18.9 Å². The highest BCUT2D eigenvalue weighted by Gasteiger charge is 2.31. The average Bonchev–Trinajstić information content (AvgIpc) is 3.20. The van der Waals surface area contributed by atoms with Crippen molar-refractivity contribution in [1.29, 1.82) is 0 Å². The zero-order valence-corrected chi connectivity index (χ0v) is 15.6. The number of rotatable bonds is 5. The summed E-state index contributed by atoms with van der Waals surface area (Å²) in [6.45, 7) is -0.812. The molecule has 156 valence electrons. The fourth-order valence-corrected chi connectivity index (χ4v) is 2.58. The number of phenolic OH excluding ortho intramolecular Hbond substituents is 1. The molecule has 8 nitrogen and oxygen atoms in total. The molecule has 0 spiro atoms. The lowest BCUT2D eigenvalue weighted by molar-refractivity contribution is -0.137. The van der Waals surface area contributed by atoms with Crippen LogP contribution in [0.15, 0.2) is 49.1 Å². The van der Waals surface area contributed by atoms with Gasteiger partial charge in [-0.05, 0) is 36.4 Å². The van der Waals surface area contributed by atoms with Gasteiger partial charge in [-0.3, -0.25) is 4.79 Å². The molecule has 0 aliphatic rings. The van der Waals surface area contributed by atoms with Crippen LogP contribution < -0.4 is 5.32 Å². The van der Waals surface area contributed by atoms with E-state index in [4.69, 9.17) is 16.3 Å². The number of anilines is 1. The second-order valence-electron chi connectivity index (χ2n) is 5.86. The molecule has 1 heterocycles. The van der Waals surface area contributed by atoms with Crippen LogP contribution in [0.5, 0.6) is 5.75 Å². The van der Waals surface area contributed by atoms with Crippen molar-refractivity contribution in [3.8, 4) is 11.4 Å². The predicted molar refractivity (Wildman–Crippen MR) is 98.4 cm³/mol. The van der Waals surface area contributed by atoms with Crippen LogP contribution in [-0.4, -0.2) is 38.4 Å². The first-order chi connectivity index (χ1) is 14.1. The maximum Gasteiger partial charge on any atom is 0.416 e. The summed E-state index contributed by atoms with van der Waals surface area (Å²) in [4.78, 5) is 27.9. The van der Waals surface area contributed by atoms with Gasteiger partial charge in [0, 0.05) is 5.02 Å². The maximum atomic E-state index is 13.0.